The van der Waals surface area contributed by atoms with E-state index in [9.17, 15) is 19.8 Å². The van der Waals surface area contributed by atoms with Crippen LogP contribution in [0.2, 0.25) is 0 Å². The van der Waals surface area contributed by atoms with Gasteiger partial charge in [0.2, 0.25) is 0 Å². The number of esters is 2. The van der Waals surface area contributed by atoms with E-state index in [2.05, 4.69) is 0 Å². The van der Waals surface area contributed by atoms with E-state index in [1.54, 1.807) is 0 Å². The Morgan fingerprint density at radius 3 is 1.43 bits per heavy atom. The van der Waals surface area contributed by atoms with Crippen LogP contribution in [0.1, 0.15) is 107 Å². The van der Waals surface area contributed by atoms with Crippen molar-refractivity contribution in [2.45, 2.75) is 192 Å². The second kappa shape index (κ2) is 15.5. The van der Waals surface area contributed by atoms with Crippen LogP contribution in [0.15, 0.2) is 24.3 Å². The van der Waals surface area contributed by atoms with Gasteiger partial charge in [-0.1, -0.05) is 65.8 Å². The minimum absolute atomic E-state index is 0. The topological polar surface area (TPSA) is 167 Å². The predicted molar refractivity (Wildman–Crippen MR) is 194 cm³/mol. The zero-order valence-corrected chi connectivity index (χ0v) is 36.4. The molecule has 8 heterocycles. The maximum atomic E-state index is 14.6. The van der Waals surface area contributed by atoms with E-state index in [1.165, 1.54) is 0 Å². The van der Waals surface area contributed by atoms with Crippen molar-refractivity contribution in [3.8, 4) is 0 Å². The fourth-order valence-corrected chi connectivity index (χ4v) is 10.1. The van der Waals surface area contributed by atoms with Gasteiger partial charge in [-0.2, -0.15) is 0 Å². The van der Waals surface area contributed by atoms with Crippen LogP contribution in [0.4, 0.5) is 0 Å². The van der Waals surface area contributed by atoms with Crippen LogP contribution in [0.25, 0.3) is 0 Å². The molecule has 8 aliphatic heterocycles. The molecule has 2 N–H and O–H groups in total. The Bertz CT molecular complexity index is 1450. The molecule has 308 valence electrons. The summed E-state index contributed by atoms with van der Waals surface area (Å²) in [6.07, 6.45) is 2.49. The summed E-state index contributed by atoms with van der Waals surface area (Å²) in [7, 11) is 0. The maximum Gasteiger partial charge on any atom is 1.00 e. The van der Waals surface area contributed by atoms with E-state index in [0.29, 0.717) is 51.4 Å². The van der Waals surface area contributed by atoms with Crippen LogP contribution >= 0.6 is 0 Å². The largest absolute Gasteiger partial charge is 1.00 e. The van der Waals surface area contributed by atoms with Crippen LogP contribution in [0.3, 0.4) is 0 Å². The second-order valence-electron chi connectivity index (χ2n) is 18.6. The van der Waals surface area contributed by atoms with Crippen LogP contribution in [-0.4, -0.2) is 114 Å². The summed E-state index contributed by atoms with van der Waals surface area (Å²) in [5, 5.41) is 23.3. The Kier molecular flexibility index (Phi) is 12.0. The van der Waals surface area contributed by atoms with E-state index in [1.807, 2.05) is 79.7 Å². The van der Waals surface area contributed by atoms with E-state index in [4.69, 9.17) is 47.0 Å². The molecule has 1 unspecified atom stereocenters. The molecule has 0 aromatic rings. The Balaban J connectivity index is 0.00000480. The standard InChI is InChI=1S/C40H60BO14.Na/c1-21-15-17-31-37(5,6)29(42)13-9-11-26-20-28(24(4)47-26)49-36(45)34-40-22(2)16-18-32(51-40)38(7,8)30(43)14-10-12-25-19-27(23(3)46-25)48-35(44)33-39(21,50-31)54-41(52-33,53-34)55-40;/h9-12,21-34,42-43H,13-20H2,1-8H3;/q-1;+1/b11-9+,12-10+;/t21-,22-,23-,24-,25-,26-,27+,28+,29-,30+,31+,32+,33+,34+,39+,40+,41?;/m1./s1. The van der Waals surface area contributed by atoms with Gasteiger partial charge < -0.3 is 57.3 Å². The van der Waals surface area contributed by atoms with Crippen molar-refractivity contribution in [3.05, 3.63) is 24.3 Å². The number of hydrogen-bond donors (Lipinski definition) is 2. The third-order valence-corrected chi connectivity index (χ3v) is 14.3. The first kappa shape index (κ1) is 43.2. The van der Waals surface area contributed by atoms with Crippen molar-refractivity contribution in [2.75, 3.05) is 0 Å². The number of hydrogen-bond acceptors (Lipinski definition) is 14. The summed E-state index contributed by atoms with van der Waals surface area (Å²) in [5.74, 6) is -6.02. The molecule has 56 heavy (non-hydrogen) atoms. The van der Waals surface area contributed by atoms with Crippen molar-refractivity contribution in [3.63, 3.8) is 0 Å². The maximum absolute atomic E-state index is 14.6. The summed E-state index contributed by atoms with van der Waals surface area (Å²) in [6.45, 7) is 11.8. The third kappa shape index (κ3) is 7.23. The third-order valence-electron chi connectivity index (χ3n) is 14.3. The van der Waals surface area contributed by atoms with Gasteiger partial charge in [-0.3, -0.25) is 0 Å². The van der Waals surface area contributed by atoms with Gasteiger partial charge in [0.1, 0.15) is 12.2 Å². The van der Waals surface area contributed by atoms with Crippen molar-refractivity contribution in [2.24, 2.45) is 22.7 Å². The molecule has 0 aromatic heterocycles. The molecule has 17 atom stereocenters. The molecule has 16 heteroatoms. The van der Waals surface area contributed by atoms with E-state index >= 15 is 0 Å². The van der Waals surface area contributed by atoms with Gasteiger partial charge in [-0.05, 0) is 52.4 Å². The zero-order chi connectivity index (χ0) is 39.3. The fourth-order valence-electron chi connectivity index (χ4n) is 10.1. The van der Waals surface area contributed by atoms with Gasteiger partial charge in [0, 0.05) is 35.5 Å². The molecule has 6 saturated heterocycles. The summed E-state index contributed by atoms with van der Waals surface area (Å²) in [6, 6.07) is 0. The average molecular weight is 799 g/mol. The number of carbonyl (C=O) groups is 2. The number of carbonyl (C=O) groups excluding carboxylic acids is 2. The van der Waals surface area contributed by atoms with Crippen LogP contribution in [-0.2, 0) is 56.6 Å². The van der Waals surface area contributed by atoms with Crippen molar-refractivity contribution < 1.29 is 96.4 Å². The molecule has 8 aliphatic rings. The van der Waals surface area contributed by atoms with Gasteiger partial charge in [-0.15, -0.1) is 0 Å². The molecule has 0 aliphatic carbocycles. The minimum atomic E-state index is -3.42. The number of fused-ring (bicyclic) bond motifs is 8. The number of rotatable bonds is 0. The minimum Gasteiger partial charge on any atom is -0.504 e. The normalized spacial score (nSPS) is 52.3. The van der Waals surface area contributed by atoms with Gasteiger partial charge in [0.25, 0.3) is 0 Å². The van der Waals surface area contributed by atoms with Gasteiger partial charge in [-0.25, -0.2) is 9.59 Å². The van der Waals surface area contributed by atoms with Crippen molar-refractivity contribution >= 4 is 18.9 Å². The van der Waals surface area contributed by atoms with E-state index < -0.39 is 114 Å². The first-order valence-electron chi connectivity index (χ1n) is 20.5. The first-order valence-corrected chi connectivity index (χ1v) is 20.5. The van der Waals surface area contributed by atoms with E-state index in [-0.39, 0.29) is 41.8 Å². The SMILES string of the molecule is C[C@@H]1CC[C@@H]2O[C@]13O[B-]14O[C@H]3C(=O)O[C@H]3C[C@@H](/C=C/C[C@H](O)C(C)(C)[C@@H]5CC[C@@H](C)[C@](O5)(O1)[C@@H](O4)C(=O)O[C@H]1C[C@@H](/C=C/C[C@@H](O)C2(C)C)O[C@@H]1C)O[C@@H]3C.[Na+]. The predicted octanol–water partition coefficient (Wildman–Crippen LogP) is 1.15. The molecule has 0 radical (unpaired) electrons. The molecule has 14 nitrogen and oxygen atoms in total. The number of aliphatic hydroxyl groups is 2. The molecule has 0 amide bonds. The molecule has 6 fully saturated rings. The second-order valence-corrected chi connectivity index (χ2v) is 18.6. The van der Waals surface area contributed by atoms with Gasteiger partial charge in [0.05, 0.1) is 48.8 Å². The van der Waals surface area contributed by atoms with Gasteiger partial charge in [0.15, 0.2) is 23.8 Å². The zero-order valence-electron chi connectivity index (χ0n) is 34.4. The first-order chi connectivity index (χ1) is 25.9. The molecule has 0 aromatic carbocycles. The summed E-state index contributed by atoms with van der Waals surface area (Å²) >= 11 is 0. The van der Waals surface area contributed by atoms with Gasteiger partial charge >= 0.3 is 48.5 Å². The van der Waals surface area contributed by atoms with Crippen molar-refractivity contribution in [1.29, 1.82) is 0 Å². The van der Waals surface area contributed by atoms with E-state index in [0.717, 1.165) is 0 Å². The van der Waals surface area contributed by atoms with Crippen LogP contribution < -0.4 is 29.6 Å². The summed E-state index contributed by atoms with van der Waals surface area (Å²) in [5.41, 5.74) is -1.64. The number of ether oxygens (including phenoxy) is 6. The monoisotopic (exact) mass is 798 g/mol. The Hall–Kier alpha value is -0.915. The quantitative estimate of drug-likeness (QED) is 0.204. The average Bonchev–Trinajstić information content (AvgIpc) is 3.84. The molecular weight excluding hydrogens is 738 g/mol. The molecule has 0 saturated carbocycles. The molecule has 3 spiro atoms. The molecule has 11 bridgehead atoms. The Labute approximate surface area is 352 Å². The molecular formula is C40H60BNaO14. The van der Waals surface area contributed by atoms with Crippen LogP contribution in [0.5, 0.6) is 0 Å². The Morgan fingerprint density at radius 1 is 0.643 bits per heavy atom. The fraction of sp³-hybridized carbons (Fsp3) is 0.850. The van der Waals surface area contributed by atoms with Crippen molar-refractivity contribution in [1.82, 2.24) is 0 Å². The van der Waals surface area contributed by atoms with Crippen LogP contribution in [0, 0.1) is 22.7 Å². The number of aliphatic hydroxyl groups excluding tert-OH is 2. The molecule has 8 rings (SSSR count). The Morgan fingerprint density at radius 2 is 1.04 bits per heavy atom. The summed E-state index contributed by atoms with van der Waals surface area (Å²) < 4.78 is 65.8. The summed E-state index contributed by atoms with van der Waals surface area (Å²) in [4.78, 5) is 29.2. The smallest absolute Gasteiger partial charge is 0.504 e.